The average Bonchev–Trinajstić information content (AvgIpc) is 2.57. The van der Waals surface area contributed by atoms with E-state index >= 15 is 0 Å². The molecule has 0 aliphatic heterocycles. The zero-order chi connectivity index (χ0) is 18.8. The van der Waals surface area contributed by atoms with Crippen LogP contribution < -0.4 is 10.6 Å². The molecule has 0 aliphatic carbocycles. The average molecular weight is 351 g/mol. The number of pyridine rings is 1. The van der Waals surface area contributed by atoms with Gasteiger partial charge < -0.3 is 10.4 Å². The first-order valence-electron chi connectivity index (χ1n) is 8.35. The number of amides is 2. The molecule has 0 aliphatic rings. The Morgan fingerprint density at radius 3 is 2.46 bits per heavy atom. The van der Waals surface area contributed by atoms with Crippen molar-refractivity contribution in [1.82, 2.24) is 20.3 Å². The Morgan fingerprint density at radius 2 is 1.81 bits per heavy atom. The number of hydrogen-bond donors (Lipinski definition) is 3. The number of phenols is 1. The predicted molar refractivity (Wildman–Crippen MR) is 101 cm³/mol. The molecule has 2 amide bonds. The third-order valence-electron chi connectivity index (χ3n) is 3.85. The van der Waals surface area contributed by atoms with Gasteiger partial charge in [0.15, 0.2) is 11.5 Å². The van der Waals surface area contributed by atoms with E-state index in [4.69, 9.17) is 0 Å². The lowest BCUT2D eigenvalue weighted by molar-refractivity contribution is 0.250. The van der Waals surface area contributed by atoms with Crippen LogP contribution in [-0.2, 0) is 0 Å². The van der Waals surface area contributed by atoms with Crippen molar-refractivity contribution in [2.24, 2.45) is 0 Å². The Bertz CT molecular complexity index is 962. The van der Waals surface area contributed by atoms with Crippen LogP contribution in [-0.4, -0.2) is 32.1 Å². The summed E-state index contributed by atoms with van der Waals surface area (Å²) in [5.41, 5.74) is 4.26. The molecule has 3 rings (SSSR count). The number of aromatic hydroxyl groups is 1. The molecular formula is C19H21N5O2. The zero-order valence-corrected chi connectivity index (χ0v) is 15.2. The van der Waals surface area contributed by atoms with Gasteiger partial charge in [-0.25, -0.2) is 19.7 Å². The number of benzene rings is 1. The molecule has 0 bridgehead atoms. The van der Waals surface area contributed by atoms with Crippen molar-refractivity contribution in [3.8, 4) is 17.0 Å². The van der Waals surface area contributed by atoms with E-state index < -0.39 is 0 Å². The van der Waals surface area contributed by atoms with Crippen LogP contribution >= 0.6 is 0 Å². The van der Waals surface area contributed by atoms with Gasteiger partial charge in [0.05, 0.1) is 11.9 Å². The smallest absolute Gasteiger partial charge is 0.320 e. The Labute approximate surface area is 151 Å². The molecule has 0 unspecified atom stereocenters. The molecule has 7 heteroatoms. The number of nitrogens with one attached hydrogen (secondary N) is 2. The summed E-state index contributed by atoms with van der Waals surface area (Å²) in [4.78, 5) is 25.0. The molecule has 3 N–H and O–H groups in total. The van der Waals surface area contributed by atoms with Crippen molar-refractivity contribution in [3.63, 3.8) is 0 Å². The van der Waals surface area contributed by atoms with Crippen molar-refractivity contribution < 1.29 is 9.90 Å². The number of carbonyl (C=O) groups is 1. The van der Waals surface area contributed by atoms with Gasteiger partial charge in [0.25, 0.3) is 0 Å². The van der Waals surface area contributed by atoms with Crippen molar-refractivity contribution in [1.29, 1.82) is 0 Å². The molecule has 1 aromatic carbocycles. The van der Waals surface area contributed by atoms with Crippen LogP contribution in [0.5, 0.6) is 5.75 Å². The zero-order valence-electron chi connectivity index (χ0n) is 15.2. The van der Waals surface area contributed by atoms with Gasteiger partial charge in [-0.05, 0) is 63.1 Å². The monoisotopic (exact) mass is 351 g/mol. The number of phenolic OH excluding ortho intramolecular Hbond substituents is 1. The minimum absolute atomic E-state index is 0.0223. The second kappa shape index (κ2) is 6.95. The van der Waals surface area contributed by atoms with Crippen LogP contribution in [0.1, 0.15) is 25.0 Å². The highest BCUT2D eigenvalue weighted by molar-refractivity contribution is 5.89. The number of aryl methyl sites for hydroxylation is 2. The van der Waals surface area contributed by atoms with E-state index in [1.165, 1.54) is 6.20 Å². The van der Waals surface area contributed by atoms with Crippen molar-refractivity contribution in [3.05, 3.63) is 41.6 Å². The maximum atomic E-state index is 11.8. The molecule has 7 nitrogen and oxygen atoms in total. The summed E-state index contributed by atoms with van der Waals surface area (Å²) in [6, 6.07) is 7.13. The Hall–Kier alpha value is -3.22. The van der Waals surface area contributed by atoms with E-state index in [1.807, 2.05) is 52.0 Å². The van der Waals surface area contributed by atoms with Crippen LogP contribution in [0, 0.1) is 13.8 Å². The molecule has 0 saturated heterocycles. The molecule has 26 heavy (non-hydrogen) atoms. The molecule has 0 fully saturated rings. The summed E-state index contributed by atoms with van der Waals surface area (Å²) in [6.07, 6.45) is 1.50. The van der Waals surface area contributed by atoms with E-state index in [2.05, 4.69) is 25.6 Å². The Balaban J connectivity index is 1.96. The van der Waals surface area contributed by atoms with Gasteiger partial charge in [0.1, 0.15) is 11.3 Å². The largest absolute Gasteiger partial charge is 0.507 e. The third-order valence-corrected chi connectivity index (χ3v) is 3.85. The molecule has 2 heterocycles. The fraction of sp³-hybridized carbons (Fsp3) is 0.263. The summed E-state index contributed by atoms with van der Waals surface area (Å²) in [5, 5.41) is 15.3. The van der Waals surface area contributed by atoms with Crippen LogP contribution in [0.15, 0.2) is 30.5 Å². The van der Waals surface area contributed by atoms with E-state index in [0.717, 1.165) is 22.4 Å². The van der Waals surface area contributed by atoms with Crippen molar-refractivity contribution in [2.45, 2.75) is 33.7 Å². The SMILES string of the molecule is Cc1cc(-c2ccc3ncc(NC(=O)NC(C)C)nc3n2)cc(C)c1O. The van der Waals surface area contributed by atoms with Crippen LogP contribution in [0.25, 0.3) is 22.4 Å². The summed E-state index contributed by atoms with van der Waals surface area (Å²) in [6.45, 7) is 7.45. The third kappa shape index (κ3) is 3.72. The highest BCUT2D eigenvalue weighted by Crippen LogP contribution is 2.28. The minimum Gasteiger partial charge on any atom is -0.507 e. The van der Waals surface area contributed by atoms with Crippen LogP contribution in [0.2, 0.25) is 0 Å². The lowest BCUT2D eigenvalue weighted by atomic mass is 10.0. The van der Waals surface area contributed by atoms with E-state index in [1.54, 1.807) is 0 Å². The summed E-state index contributed by atoms with van der Waals surface area (Å²) >= 11 is 0. The fourth-order valence-electron chi connectivity index (χ4n) is 2.64. The van der Waals surface area contributed by atoms with Gasteiger partial charge in [-0.15, -0.1) is 0 Å². The van der Waals surface area contributed by atoms with E-state index in [9.17, 15) is 9.90 Å². The first-order valence-corrected chi connectivity index (χ1v) is 8.35. The number of rotatable bonds is 3. The number of carbonyl (C=O) groups excluding carboxylic acids is 1. The topological polar surface area (TPSA) is 100 Å². The quantitative estimate of drug-likeness (QED) is 0.670. The van der Waals surface area contributed by atoms with Gasteiger partial charge >= 0.3 is 6.03 Å². The van der Waals surface area contributed by atoms with Crippen molar-refractivity contribution >= 4 is 23.0 Å². The highest BCUT2D eigenvalue weighted by atomic mass is 16.3. The van der Waals surface area contributed by atoms with Crippen LogP contribution in [0.4, 0.5) is 10.6 Å². The number of fused-ring (bicyclic) bond motifs is 1. The molecule has 0 atom stereocenters. The Kier molecular flexibility index (Phi) is 4.71. The molecule has 3 aromatic rings. The number of urea groups is 1. The molecule has 0 spiro atoms. The van der Waals surface area contributed by atoms with Gasteiger partial charge in [-0.3, -0.25) is 5.32 Å². The fourth-order valence-corrected chi connectivity index (χ4v) is 2.64. The summed E-state index contributed by atoms with van der Waals surface area (Å²) < 4.78 is 0. The molecule has 0 saturated carbocycles. The van der Waals surface area contributed by atoms with Gasteiger partial charge in [-0.2, -0.15) is 0 Å². The van der Waals surface area contributed by atoms with E-state index in [-0.39, 0.29) is 17.8 Å². The van der Waals surface area contributed by atoms with Gasteiger partial charge in [0, 0.05) is 11.6 Å². The second-order valence-corrected chi connectivity index (χ2v) is 6.51. The first kappa shape index (κ1) is 17.6. The molecule has 134 valence electrons. The van der Waals surface area contributed by atoms with Crippen molar-refractivity contribution in [2.75, 3.05) is 5.32 Å². The predicted octanol–water partition coefficient (Wildman–Crippen LogP) is 3.54. The van der Waals surface area contributed by atoms with E-state index in [0.29, 0.717) is 17.0 Å². The standard InChI is InChI=1S/C19H21N5O2/c1-10(2)21-19(26)24-16-9-20-15-6-5-14(22-18(15)23-16)13-7-11(3)17(25)12(4)8-13/h5-10,25H,1-4H3,(H2,21,22,23,24,26). The molecule has 0 radical (unpaired) electrons. The normalized spacial score (nSPS) is 11.0. The lowest BCUT2D eigenvalue weighted by Gasteiger charge is -2.10. The molecule has 2 aromatic heterocycles. The number of anilines is 1. The van der Waals surface area contributed by atoms with Gasteiger partial charge in [-0.1, -0.05) is 0 Å². The lowest BCUT2D eigenvalue weighted by Crippen LogP contribution is -2.34. The summed E-state index contributed by atoms with van der Waals surface area (Å²) in [5.74, 6) is 0.621. The number of hydrogen-bond acceptors (Lipinski definition) is 5. The highest BCUT2D eigenvalue weighted by Gasteiger charge is 2.10. The number of nitrogens with zero attached hydrogens (tertiary/aromatic N) is 3. The summed E-state index contributed by atoms with van der Waals surface area (Å²) in [7, 11) is 0. The maximum Gasteiger partial charge on any atom is 0.320 e. The van der Waals surface area contributed by atoms with Crippen LogP contribution in [0.3, 0.4) is 0 Å². The first-order chi connectivity index (χ1) is 12.3. The minimum atomic E-state index is -0.338. The molecular weight excluding hydrogens is 330 g/mol. The van der Waals surface area contributed by atoms with Gasteiger partial charge in [0.2, 0.25) is 0 Å². The Morgan fingerprint density at radius 1 is 1.12 bits per heavy atom. The maximum absolute atomic E-state index is 11.8. The number of aromatic nitrogens is 3. The second-order valence-electron chi connectivity index (χ2n) is 6.51.